The van der Waals surface area contributed by atoms with Crippen molar-refractivity contribution in [2.24, 2.45) is 0 Å². The summed E-state index contributed by atoms with van der Waals surface area (Å²) in [7, 11) is 0. The van der Waals surface area contributed by atoms with E-state index in [-0.39, 0.29) is 13.2 Å². The molecule has 0 saturated carbocycles. The topological polar surface area (TPSA) is 94.8 Å². The molecule has 1 N–H and O–H groups in total. The number of carbonyl (C=O) groups is 2. The fourth-order valence-corrected chi connectivity index (χ4v) is 4.48. The monoisotopic (exact) mass is 477 g/mol. The first-order valence-corrected chi connectivity index (χ1v) is 11.6. The van der Waals surface area contributed by atoms with Gasteiger partial charge in [0.15, 0.2) is 6.61 Å². The average Bonchev–Trinajstić information content (AvgIpc) is 3.21. The molecular formula is C26H23NO6S. The van der Waals surface area contributed by atoms with Gasteiger partial charge in [0.2, 0.25) is 0 Å². The maximum absolute atomic E-state index is 12.7. The number of aryl methyl sites for hydroxylation is 2. The Morgan fingerprint density at radius 2 is 1.82 bits per heavy atom. The number of rotatable bonds is 7. The lowest BCUT2D eigenvalue weighted by atomic mass is 10.0. The number of fused-ring (bicyclic) bond motifs is 1. The van der Waals surface area contributed by atoms with Gasteiger partial charge in [-0.2, -0.15) is 0 Å². The van der Waals surface area contributed by atoms with Crippen LogP contribution in [0.25, 0.3) is 22.1 Å². The minimum atomic E-state index is -0.504. The molecular weight excluding hydrogens is 454 g/mol. The number of hydrogen-bond donors (Lipinski definition) is 1. The Kier molecular flexibility index (Phi) is 6.79. The summed E-state index contributed by atoms with van der Waals surface area (Å²) in [4.78, 5) is 37.0. The first kappa shape index (κ1) is 23.3. The predicted molar refractivity (Wildman–Crippen MR) is 132 cm³/mol. The van der Waals surface area contributed by atoms with Gasteiger partial charge in [-0.1, -0.05) is 29.8 Å². The highest BCUT2D eigenvalue weighted by Gasteiger charge is 2.23. The van der Waals surface area contributed by atoms with E-state index in [4.69, 9.17) is 13.9 Å². The van der Waals surface area contributed by atoms with Crippen molar-refractivity contribution in [3.05, 3.63) is 81.0 Å². The van der Waals surface area contributed by atoms with Gasteiger partial charge in [-0.05, 0) is 44.0 Å². The number of thiophene rings is 1. The largest absolute Gasteiger partial charge is 0.484 e. The molecule has 4 aromatic rings. The Bertz CT molecular complexity index is 1420. The number of carbonyl (C=O) groups excluding carboxylic acids is 2. The Balaban J connectivity index is 1.52. The molecule has 0 bridgehead atoms. The summed E-state index contributed by atoms with van der Waals surface area (Å²) >= 11 is 1.25. The van der Waals surface area contributed by atoms with Crippen molar-refractivity contribution in [1.82, 2.24) is 0 Å². The summed E-state index contributed by atoms with van der Waals surface area (Å²) in [6.07, 6.45) is 0. The van der Waals surface area contributed by atoms with E-state index in [0.29, 0.717) is 27.5 Å². The molecule has 0 radical (unpaired) electrons. The standard InChI is InChI=1S/C26H23NO6S/c1-4-31-26(30)24-20(17-7-5-15(2)6-8-17)14-34-25(24)27-22(28)13-32-18-9-10-19-16(3)11-23(29)33-21(19)12-18/h5-12,14H,4,13H2,1-3H3,(H,27,28). The lowest BCUT2D eigenvalue weighted by Gasteiger charge is -2.10. The Morgan fingerprint density at radius 1 is 1.06 bits per heavy atom. The average molecular weight is 478 g/mol. The molecule has 0 unspecified atom stereocenters. The zero-order chi connectivity index (χ0) is 24.2. The van der Waals surface area contributed by atoms with Gasteiger partial charge in [-0.3, -0.25) is 4.79 Å². The van der Waals surface area contributed by atoms with Crippen molar-refractivity contribution in [3.63, 3.8) is 0 Å². The first-order chi connectivity index (χ1) is 16.4. The maximum Gasteiger partial charge on any atom is 0.341 e. The second-order valence-electron chi connectivity index (χ2n) is 7.68. The van der Waals surface area contributed by atoms with Gasteiger partial charge in [-0.25, -0.2) is 9.59 Å². The molecule has 2 aromatic heterocycles. The van der Waals surface area contributed by atoms with Crippen LogP contribution in [0.2, 0.25) is 0 Å². The minimum absolute atomic E-state index is 0.218. The van der Waals surface area contributed by atoms with Crippen molar-refractivity contribution in [3.8, 4) is 16.9 Å². The number of ether oxygens (including phenoxy) is 2. The first-order valence-electron chi connectivity index (χ1n) is 10.7. The zero-order valence-electron chi connectivity index (χ0n) is 19.0. The van der Waals surface area contributed by atoms with Crippen molar-refractivity contribution in [1.29, 1.82) is 0 Å². The summed E-state index contributed by atoms with van der Waals surface area (Å²) in [5.74, 6) is -0.558. The van der Waals surface area contributed by atoms with Crippen LogP contribution in [0, 0.1) is 13.8 Å². The van der Waals surface area contributed by atoms with Crippen LogP contribution in [-0.4, -0.2) is 25.1 Å². The van der Waals surface area contributed by atoms with E-state index >= 15 is 0 Å². The van der Waals surface area contributed by atoms with Crippen LogP contribution in [0.3, 0.4) is 0 Å². The predicted octanol–water partition coefficient (Wildman–Crippen LogP) is 5.33. The highest BCUT2D eigenvalue weighted by molar-refractivity contribution is 7.15. The molecule has 0 saturated heterocycles. The van der Waals surface area contributed by atoms with Crippen LogP contribution in [-0.2, 0) is 9.53 Å². The number of nitrogens with one attached hydrogen (secondary N) is 1. The second-order valence-corrected chi connectivity index (χ2v) is 8.56. The molecule has 174 valence electrons. The molecule has 0 aliphatic rings. The Hall–Kier alpha value is -3.91. The zero-order valence-corrected chi connectivity index (χ0v) is 19.8. The van der Waals surface area contributed by atoms with Gasteiger partial charge in [-0.15, -0.1) is 11.3 Å². The Labute approximate surface area is 199 Å². The fraction of sp³-hybridized carbons (Fsp3) is 0.192. The SMILES string of the molecule is CCOC(=O)c1c(-c2ccc(C)cc2)csc1NC(=O)COc1ccc2c(C)cc(=O)oc2c1. The van der Waals surface area contributed by atoms with Crippen molar-refractivity contribution < 1.29 is 23.5 Å². The van der Waals surface area contributed by atoms with E-state index in [1.165, 1.54) is 17.4 Å². The van der Waals surface area contributed by atoms with Gasteiger partial charge in [0.1, 0.15) is 21.9 Å². The van der Waals surface area contributed by atoms with Crippen molar-refractivity contribution >= 4 is 39.2 Å². The molecule has 4 rings (SSSR count). The number of esters is 1. The van der Waals surface area contributed by atoms with E-state index in [9.17, 15) is 14.4 Å². The Morgan fingerprint density at radius 3 is 2.56 bits per heavy atom. The third-order valence-corrected chi connectivity index (χ3v) is 6.07. The van der Waals surface area contributed by atoms with Gasteiger partial charge >= 0.3 is 11.6 Å². The summed E-state index contributed by atoms with van der Waals surface area (Å²) in [5, 5.41) is 5.76. The molecule has 34 heavy (non-hydrogen) atoms. The number of hydrogen-bond acceptors (Lipinski definition) is 7. The molecule has 2 aromatic carbocycles. The molecule has 0 aliphatic carbocycles. The van der Waals surface area contributed by atoms with E-state index < -0.39 is 17.5 Å². The number of anilines is 1. The van der Waals surface area contributed by atoms with Gasteiger partial charge in [0.25, 0.3) is 5.91 Å². The third kappa shape index (κ3) is 5.02. The van der Waals surface area contributed by atoms with Gasteiger partial charge < -0.3 is 19.2 Å². The molecule has 0 fully saturated rings. The minimum Gasteiger partial charge on any atom is -0.484 e. The van der Waals surface area contributed by atoms with Gasteiger partial charge in [0.05, 0.1) is 6.61 Å². The maximum atomic E-state index is 12.7. The van der Waals surface area contributed by atoms with E-state index in [1.807, 2.05) is 43.5 Å². The summed E-state index contributed by atoms with van der Waals surface area (Å²) < 4.78 is 16.0. The highest BCUT2D eigenvalue weighted by Crippen LogP contribution is 2.36. The van der Waals surface area contributed by atoms with Crippen LogP contribution in [0.4, 0.5) is 5.00 Å². The molecule has 2 heterocycles. The van der Waals surface area contributed by atoms with Crippen LogP contribution in [0.15, 0.2) is 63.1 Å². The van der Waals surface area contributed by atoms with E-state index in [0.717, 1.165) is 22.1 Å². The lowest BCUT2D eigenvalue weighted by molar-refractivity contribution is -0.118. The number of amides is 1. The van der Waals surface area contributed by atoms with Crippen LogP contribution in [0.1, 0.15) is 28.4 Å². The normalized spacial score (nSPS) is 10.8. The fourth-order valence-electron chi connectivity index (χ4n) is 3.51. The quantitative estimate of drug-likeness (QED) is 0.285. The highest BCUT2D eigenvalue weighted by atomic mass is 32.1. The third-order valence-electron chi connectivity index (χ3n) is 5.18. The van der Waals surface area contributed by atoms with E-state index in [1.54, 1.807) is 25.1 Å². The molecule has 1 amide bonds. The van der Waals surface area contributed by atoms with Crippen molar-refractivity contribution in [2.45, 2.75) is 20.8 Å². The van der Waals surface area contributed by atoms with E-state index in [2.05, 4.69) is 5.32 Å². The second kappa shape index (κ2) is 9.93. The lowest BCUT2D eigenvalue weighted by Crippen LogP contribution is -2.21. The molecule has 0 aliphatic heterocycles. The van der Waals surface area contributed by atoms with Crippen LogP contribution in [0.5, 0.6) is 5.75 Å². The molecule has 7 nitrogen and oxygen atoms in total. The molecule has 0 atom stereocenters. The van der Waals surface area contributed by atoms with Gasteiger partial charge in [0, 0.05) is 28.5 Å². The smallest absolute Gasteiger partial charge is 0.341 e. The van der Waals surface area contributed by atoms with Crippen molar-refractivity contribution in [2.75, 3.05) is 18.5 Å². The summed E-state index contributed by atoms with van der Waals surface area (Å²) in [6.45, 7) is 5.46. The molecule has 0 spiro atoms. The number of benzene rings is 2. The summed E-state index contributed by atoms with van der Waals surface area (Å²) in [5.41, 5.74) is 3.69. The van der Waals surface area contributed by atoms with Crippen LogP contribution >= 0.6 is 11.3 Å². The van der Waals surface area contributed by atoms with Crippen LogP contribution < -0.4 is 15.7 Å². The summed E-state index contributed by atoms with van der Waals surface area (Å²) in [6, 6.07) is 14.2. The molecule has 8 heteroatoms.